The van der Waals surface area contributed by atoms with Gasteiger partial charge in [0.1, 0.15) is 5.75 Å². The van der Waals surface area contributed by atoms with Crippen LogP contribution in [0, 0.1) is 12.3 Å². The molecule has 0 spiro atoms. The average molecular weight is 282 g/mol. The zero-order valence-electron chi connectivity index (χ0n) is 13.8. The molecule has 112 valence electrons. The second-order valence-corrected chi connectivity index (χ2v) is 6.93. The first-order valence-electron chi connectivity index (χ1n) is 7.58. The molecule has 0 aliphatic carbocycles. The maximum atomic E-state index is 6.11. The summed E-state index contributed by atoms with van der Waals surface area (Å²) in [5.41, 5.74) is 2.60. The molecule has 0 radical (unpaired) electrons. The second kappa shape index (κ2) is 5.93. The fourth-order valence-electron chi connectivity index (χ4n) is 2.40. The summed E-state index contributed by atoms with van der Waals surface area (Å²) in [5, 5.41) is 0. The van der Waals surface area contributed by atoms with Gasteiger partial charge >= 0.3 is 0 Å². The maximum Gasteiger partial charge on any atom is 0.122 e. The van der Waals surface area contributed by atoms with E-state index in [9.17, 15) is 0 Å². The summed E-state index contributed by atoms with van der Waals surface area (Å²) in [5.74, 6) is 0.981. The third-order valence-electron chi connectivity index (χ3n) is 4.87. The van der Waals surface area contributed by atoms with E-state index < -0.39 is 0 Å². The number of aryl methyl sites for hydroxylation is 1. The Morgan fingerprint density at radius 3 is 2.00 bits per heavy atom. The third-order valence-corrected chi connectivity index (χ3v) is 4.87. The van der Waals surface area contributed by atoms with Crippen molar-refractivity contribution >= 4 is 0 Å². The molecule has 0 saturated carbocycles. The van der Waals surface area contributed by atoms with Gasteiger partial charge in [-0.05, 0) is 29.5 Å². The van der Waals surface area contributed by atoms with Gasteiger partial charge in [-0.3, -0.25) is 0 Å². The quantitative estimate of drug-likeness (QED) is 0.715. The predicted octanol–water partition coefficient (Wildman–Crippen LogP) is 5.38. The van der Waals surface area contributed by atoms with Crippen LogP contribution in [-0.2, 0) is 5.41 Å². The zero-order chi connectivity index (χ0) is 15.5. The topological polar surface area (TPSA) is 9.23 Å². The SMILES string of the molecule is Cc1ccccc1OCC(C)(C)C(C)(C)c1ccccc1. The van der Waals surface area contributed by atoms with Crippen molar-refractivity contribution < 1.29 is 4.74 Å². The maximum absolute atomic E-state index is 6.11. The van der Waals surface area contributed by atoms with E-state index in [2.05, 4.69) is 71.0 Å². The number of hydrogen-bond donors (Lipinski definition) is 0. The smallest absolute Gasteiger partial charge is 0.122 e. The monoisotopic (exact) mass is 282 g/mol. The molecule has 0 amide bonds. The highest BCUT2D eigenvalue weighted by molar-refractivity contribution is 5.32. The first-order chi connectivity index (χ1) is 9.84. The number of para-hydroxylation sites is 1. The minimum absolute atomic E-state index is 0.0244. The number of hydrogen-bond acceptors (Lipinski definition) is 1. The summed E-state index contributed by atoms with van der Waals surface area (Å²) in [4.78, 5) is 0. The minimum atomic E-state index is 0.0244. The van der Waals surface area contributed by atoms with Crippen molar-refractivity contribution in [1.82, 2.24) is 0 Å². The van der Waals surface area contributed by atoms with Crippen LogP contribution in [0.2, 0.25) is 0 Å². The molecule has 0 heterocycles. The Labute approximate surface area is 129 Å². The number of rotatable bonds is 5. The molecule has 2 rings (SSSR count). The highest BCUT2D eigenvalue weighted by atomic mass is 16.5. The summed E-state index contributed by atoms with van der Waals surface area (Å²) in [6.45, 7) is 11.9. The molecule has 0 N–H and O–H groups in total. The van der Waals surface area contributed by atoms with Crippen molar-refractivity contribution in [2.24, 2.45) is 5.41 Å². The van der Waals surface area contributed by atoms with Gasteiger partial charge in [0.15, 0.2) is 0 Å². The van der Waals surface area contributed by atoms with Crippen molar-refractivity contribution in [2.75, 3.05) is 6.61 Å². The van der Waals surface area contributed by atoms with E-state index in [-0.39, 0.29) is 10.8 Å². The summed E-state index contributed by atoms with van der Waals surface area (Å²) < 4.78 is 6.11. The molecule has 0 aliphatic heterocycles. The molecule has 0 bridgehead atoms. The van der Waals surface area contributed by atoms with Gasteiger partial charge in [0.2, 0.25) is 0 Å². The molecule has 0 fully saturated rings. The molecule has 0 aliphatic rings. The third kappa shape index (κ3) is 3.29. The van der Waals surface area contributed by atoms with Crippen molar-refractivity contribution in [2.45, 2.75) is 40.0 Å². The van der Waals surface area contributed by atoms with Crippen LogP contribution in [0.4, 0.5) is 0 Å². The van der Waals surface area contributed by atoms with Crippen LogP contribution in [0.25, 0.3) is 0 Å². The van der Waals surface area contributed by atoms with E-state index in [0.29, 0.717) is 6.61 Å². The molecule has 2 aromatic carbocycles. The fourth-order valence-corrected chi connectivity index (χ4v) is 2.40. The Kier molecular flexibility index (Phi) is 4.41. The standard InChI is InChI=1S/C20H26O/c1-16-11-9-10-14-18(16)21-15-19(2,3)20(4,5)17-12-7-6-8-13-17/h6-14H,15H2,1-5H3. The van der Waals surface area contributed by atoms with Crippen LogP contribution >= 0.6 is 0 Å². The fraction of sp³-hybridized carbons (Fsp3) is 0.400. The molecule has 0 unspecified atom stereocenters. The van der Waals surface area contributed by atoms with Crippen LogP contribution in [-0.4, -0.2) is 6.61 Å². The Morgan fingerprint density at radius 1 is 0.810 bits per heavy atom. The molecule has 1 heteroatoms. The molecular formula is C20H26O. The largest absolute Gasteiger partial charge is 0.493 e. The van der Waals surface area contributed by atoms with Crippen molar-refractivity contribution in [1.29, 1.82) is 0 Å². The molecular weight excluding hydrogens is 256 g/mol. The van der Waals surface area contributed by atoms with Crippen LogP contribution in [0.1, 0.15) is 38.8 Å². The van der Waals surface area contributed by atoms with Crippen molar-refractivity contribution in [3.05, 3.63) is 65.7 Å². The minimum Gasteiger partial charge on any atom is -0.493 e. The summed E-state index contributed by atoms with van der Waals surface area (Å²) in [6, 6.07) is 18.9. The Morgan fingerprint density at radius 2 is 1.38 bits per heavy atom. The first kappa shape index (κ1) is 15.6. The van der Waals surface area contributed by atoms with E-state index in [0.717, 1.165) is 5.75 Å². The molecule has 1 nitrogen and oxygen atoms in total. The van der Waals surface area contributed by atoms with Gasteiger partial charge in [-0.25, -0.2) is 0 Å². The van der Waals surface area contributed by atoms with E-state index >= 15 is 0 Å². The molecule has 0 aromatic heterocycles. The van der Waals surface area contributed by atoms with Crippen molar-refractivity contribution in [3.63, 3.8) is 0 Å². The van der Waals surface area contributed by atoms with E-state index in [4.69, 9.17) is 4.74 Å². The van der Waals surface area contributed by atoms with Gasteiger partial charge in [0.05, 0.1) is 6.61 Å². The van der Waals surface area contributed by atoms with Gasteiger partial charge in [0.25, 0.3) is 0 Å². The highest BCUT2D eigenvalue weighted by Crippen LogP contribution is 2.41. The molecule has 0 saturated heterocycles. The summed E-state index contributed by atoms with van der Waals surface area (Å²) >= 11 is 0. The lowest BCUT2D eigenvalue weighted by Gasteiger charge is -2.42. The van der Waals surface area contributed by atoms with Gasteiger partial charge in [0, 0.05) is 5.41 Å². The normalized spacial score (nSPS) is 12.2. The van der Waals surface area contributed by atoms with Gasteiger partial charge in [-0.1, -0.05) is 76.2 Å². The first-order valence-corrected chi connectivity index (χ1v) is 7.58. The Balaban J connectivity index is 2.16. The molecule has 0 atom stereocenters. The zero-order valence-corrected chi connectivity index (χ0v) is 13.8. The predicted molar refractivity (Wildman–Crippen MR) is 89.9 cm³/mol. The van der Waals surface area contributed by atoms with E-state index in [1.165, 1.54) is 11.1 Å². The van der Waals surface area contributed by atoms with Crippen LogP contribution in [0.15, 0.2) is 54.6 Å². The molecule has 2 aromatic rings. The van der Waals surface area contributed by atoms with Crippen molar-refractivity contribution in [3.8, 4) is 5.75 Å². The average Bonchev–Trinajstić information content (AvgIpc) is 2.47. The Bertz CT molecular complexity index is 582. The van der Waals surface area contributed by atoms with Gasteiger partial charge < -0.3 is 4.74 Å². The lowest BCUT2D eigenvalue weighted by Crippen LogP contribution is -2.41. The lowest BCUT2D eigenvalue weighted by molar-refractivity contribution is 0.102. The van der Waals surface area contributed by atoms with Crippen LogP contribution in [0.5, 0.6) is 5.75 Å². The van der Waals surface area contributed by atoms with E-state index in [1.54, 1.807) is 0 Å². The van der Waals surface area contributed by atoms with Gasteiger partial charge in [-0.2, -0.15) is 0 Å². The lowest BCUT2D eigenvalue weighted by atomic mass is 9.64. The Hall–Kier alpha value is -1.76. The highest BCUT2D eigenvalue weighted by Gasteiger charge is 2.39. The second-order valence-electron chi connectivity index (χ2n) is 6.93. The van der Waals surface area contributed by atoms with Crippen LogP contribution < -0.4 is 4.74 Å². The number of ether oxygens (including phenoxy) is 1. The van der Waals surface area contributed by atoms with Crippen LogP contribution in [0.3, 0.4) is 0 Å². The summed E-state index contributed by atoms with van der Waals surface area (Å²) in [7, 11) is 0. The molecule has 21 heavy (non-hydrogen) atoms. The van der Waals surface area contributed by atoms with Gasteiger partial charge in [-0.15, -0.1) is 0 Å². The number of benzene rings is 2. The van der Waals surface area contributed by atoms with E-state index in [1.807, 2.05) is 18.2 Å². The summed E-state index contributed by atoms with van der Waals surface area (Å²) in [6.07, 6.45) is 0.